The third kappa shape index (κ3) is 4.62. The molecule has 3 heteroatoms. The van der Waals surface area contributed by atoms with E-state index in [0.29, 0.717) is 6.54 Å². The third-order valence-electron chi connectivity index (χ3n) is 3.39. The number of aryl methyl sites for hydroxylation is 1. The molecule has 0 aliphatic rings. The fourth-order valence-electron chi connectivity index (χ4n) is 2.35. The fourth-order valence-corrected chi connectivity index (χ4v) is 2.35. The summed E-state index contributed by atoms with van der Waals surface area (Å²) in [5.41, 5.74) is 4.99. The van der Waals surface area contributed by atoms with Crippen LogP contribution in [0.2, 0.25) is 0 Å². The topological polar surface area (TPSA) is 36.4 Å². The van der Waals surface area contributed by atoms with Crippen LogP contribution in [0.1, 0.15) is 25.0 Å². The van der Waals surface area contributed by atoms with Gasteiger partial charge >= 0.3 is 0 Å². The number of benzene rings is 2. The number of hydrogen-bond acceptors (Lipinski definition) is 1. The summed E-state index contributed by atoms with van der Waals surface area (Å²) in [6.45, 7) is 8.69. The van der Waals surface area contributed by atoms with Crippen LogP contribution < -0.4 is 10.6 Å². The van der Waals surface area contributed by atoms with E-state index in [9.17, 15) is 0 Å². The lowest BCUT2D eigenvalue weighted by Crippen LogP contribution is -2.36. The van der Waals surface area contributed by atoms with Gasteiger partial charge in [-0.15, -0.1) is 0 Å². The summed E-state index contributed by atoms with van der Waals surface area (Å²) in [7, 11) is 0. The van der Waals surface area contributed by atoms with Gasteiger partial charge in [0.1, 0.15) is 0 Å². The average molecular weight is 295 g/mol. The van der Waals surface area contributed by atoms with Crippen molar-refractivity contribution in [3.8, 4) is 11.1 Å². The molecule has 0 bridgehead atoms. The average Bonchev–Trinajstić information content (AvgIpc) is 2.53. The predicted octanol–water partition coefficient (Wildman–Crippen LogP) is 3.74. The number of rotatable bonds is 5. The Morgan fingerprint density at radius 1 is 0.909 bits per heavy atom. The second-order valence-electron chi connectivity index (χ2n) is 5.30. The third-order valence-corrected chi connectivity index (χ3v) is 3.39. The molecule has 2 rings (SSSR count). The minimum Gasteiger partial charge on any atom is -0.357 e. The molecule has 22 heavy (non-hydrogen) atoms. The van der Waals surface area contributed by atoms with E-state index in [2.05, 4.69) is 84.9 Å². The largest absolute Gasteiger partial charge is 0.357 e. The van der Waals surface area contributed by atoms with Crippen molar-refractivity contribution in [1.29, 1.82) is 0 Å². The molecule has 0 aliphatic heterocycles. The van der Waals surface area contributed by atoms with Gasteiger partial charge in [0.05, 0.1) is 6.54 Å². The van der Waals surface area contributed by atoms with E-state index in [1.54, 1.807) is 0 Å². The molecule has 0 aliphatic carbocycles. The molecule has 0 unspecified atom stereocenters. The zero-order valence-corrected chi connectivity index (χ0v) is 13.7. The van der Waals surface area contributed by atoms with Gasteiger partial charge in [-0.2, -0.15) is 0 Å². The first-order valence-electron chi connectivity index (χ1n) is 7.91. The second kappa shape index (κ2) is 8.23. The summed E-state index contributed by atoms with van der Waals surface area (Å²) in [4.78, 5) is 4.62. The lowest BCUT2D eigenvalue weighted by molar-refractivity contribution is 0.839. The Morgan fingerprint density at radius 3 is 2.18 bits per heavy atom. The molecule has 0 spiro atoms. The summed E-state index contributed by atoms with van der Waals surface area (Å²) >= 11 is 0. The molecular weight excluding hydrogens is 270 g/mol. The van der Waals surface area contributed by atoms with Crippen molar-refractivity contribution in [1.82, 2.24) is 10.6 Å². The van der Waals surface area contributed by atoms with Gasteiger partial charge in [0.15, 0.2) is 5.96 Å². The molecule has 0 amide bonds. The Labute approximate surface area is 133 Å². The van der Waals surface area contributed by atoms with Gasteiger partial charge in [0.25, 0.3) is 0 Å². The first kappa shape index (κ1) is 16.1. The molecular formula is C19H25N3. The van der Waals surface area contributed by atoms with Crippen LogP contribution >= 0.6 is 0 Å². The van der Waals surface area contributed by atoms with Gasteiger partial charge in [-0.05, 0) is 43.5 Å². The van der Waals surface area contributed by atoms with Crippen molar-refractivity contribution in [2.45, 2.75) is 27.3 Å². The summed E-state index contributed by atoms with van der Waals surface area (Å²) < 4.78 is 0. The van der Waals surface area contributed by atoms with Crippen molar-refractivity contribution in [3.05, 3.63) is 59.7 Å². The molecule has 0 saturated carbocycles. The zero-order chi connectivity index (χ0) is 15.8. The summed E-state index contributed by atoms with van der Waals surface area (Å²) in [5.74, 6) is 0.867. The minimum absolute atomic E-state index is 0.676. The molecule has 0 aromatic heterocycles. The van der Waals surface area contributed by atoms with E-state index in [1.807, 2.05) is 0 Å². The second-order valence-corrected chi connectivity index (χ2v) is 5.30. The van der Waals surface area contributed by atoms with Crippen LogP contribution in [0.25, 0.3) is 11.1 Å². The molecule has 3 nitrogen and oxygen atoms in total. The SMILES string of the molecule is CCNC(=NCc1cccc(-c2cccc(C)c2)c1)NCC. The molecule has 116 valence electrons. The quantitative estimate of drug-likeness (QED) is 0.651. The number of hydrogen-bond donors (Lipinski definition) is 2. The lowest BCUT2D eigenvalue weighted by atomic mass is 10.0. The minimum atomic E-state index is 0.676. The number of nitrogens with zero attached hydrogens (tertiary/aromatic N) is 1. The molecule has 0 atom stereocenters. The number of aliphatic imine (C=N–C) groups is 1. The van der Waals surface area contributed by atoms with Crippen LogP contribution in [0, 0.1) is 6.92 Å². The van der Waals surface area contributed by atoms with Gasteiger partial charge < -0.3 is 10.6 Å². The molecule has 0 saturated heterocycles. The highest BCUT2D eigenvalue weighted by atomic mass is 15.2. The van der Waals surface area contributed by atoms with Crippen LogP contribution in [-0.2, 0) is 6.54 Å². The van der Waals surface area contributed by atoms with Gasteiger partial charge in [-0.25, -0.2) is 4.99 Å². The van der Waals surface area contributed by atoms with E-state index in [-0.39, 0.29) is 0 Å². The normalized spacial score (nSPS) is 10.1. The van der Waals surface area contributed by atoms with Gasteiger partial charge in [0.2, 0.25) is 0 Å². The van der Waals surface area contributed by atoms with Crippen molar-refractivity contribution < 1.29 is 0 Å². The first-order valence-corrected chi connectivity index (χ1v) is 7.91. The van der Waals surface area contributed by atoms with Gasteiger partial charge in [-0.1, -0.05) is 48.0 Å². The lowest BCUT2D eigenvalue weighted by Gasteiger charge is -2.09. The van der Waals surface area contributed by atoms with Crippen molar-refractivity contribution >= 4 is 5.96 Å². The number of nitrogens with one attached hydrogen (secondary N) is 2. The van der Waals surface area contributed by atoms with Gasteiger partial charge in [0, 0.05) is 13.1 Å². The highest BCUT2D eigenvalue weighted by Gasteiger charge is 2.00. The van der Waals surface area contributed by atoms with E-state index < -0.39 is 0 Å². The zero-order valence-electron chi connectivity index (χ0n) is 13.7. The van der Waals surface area contributed by atoms with E-state index in [4.69, 9.17) is 0 Å². The first-order chi connectivity index (χ1) is 10.7. The van der Waals surface area contributed by atoms with Crippen LogP contribution in [0.5, 0.6) is 0 Å². The maximum Gasteiger partial charge on any atom is 0.191 e. The van der Waals surface area contributed by atoms with Crippen molar-refractivity contribution in [3.63, 3.8) is 0 Å². The maximum atomic E-state index is 4.62. The van der Waals surface area contributed by atoms with Crippen molar-refractivity contribution in [2.75, 3.05) is 13.1 Å². The van der Waals surface area contributed by atoms with E-state index in [1.165, 1.54) is 22.3 Å². The summed E-state index contributed by atoms with van der Waals surface area (Å²) in [6, 6.07) is 17.2. The molecule has 2 aromatic rings. The van der Waals surface area contributed by atoms with Crippen LogP contribution in [0.3, 0.4) is 0 Å². The van der Waals surface area contributed by atoms with Crippen molar-refractivity contribution in [2.24, 2.45) is 4.99 Å². The molecule has 0 fully saturated rings. The fraction of sp³-hybridized carbons (Fsp3) is 0.316. The van der Waals surface area contributed by atoms with E-state index >= 15 is 0 Å². The van der Waals surface area contributed by atoms with Crippen LogP contribution in [0.4, 0.5) is 0 Å². The predicted molar refractivity (Wildman–Crippen MR) is 95.1 cm³/mol. The van der Waals surface area contributed by atoms with Gasteiger partial charge in [-0.3, -0.25) is 0 Å². The van der Waals surface area contributed by atoms with Crippen LogP contribution in [-0.4, -0.2) is 19.0 Å². The number of guanidine groups is 1. The highest BCUT2D eigenvalue weighted by molar-refractivity contribution is 5.79. The maximum absolute atomic E-state index is 4.62. The Balaban J connectivity index is 2.16. The summed E-state index contributed by atoms with van der Waals surface area (Å²) in [6.07, 6.45) is 0. The highest BCUT2D eigenvalue weighted by Crippen LogP contribution is 2.21. The monoisotopic (exact) mass is 295 g/mol. The molecule has 2 N–H and O–H groups in total. The molecule has 0 radical (unpaired) electrons. The smallest absolute Gasteiger partial charge is 0.191 e. The van der Waals surface area contributed by atoms with Crippen LogP contribution in [0.15, 0.2) is 53.5 Å². The Hall–Kier alpha value is -2.29. The van der Waals surface area contributed by atoms with E-state index in [0.717, 1.165) is 19.0 Å². The molecule has 2 aromatic carbocycles. The summed E-state index contributed by atoms with van der Waals surface area (Å²) in [5, 5.41) is 6.49. The Kier molecular flexibility index (Phi) is 6.01. The molecule has 0 heterocycles. The standard InChI is InChI=1S/C19H25N3/c1-4-20-19(21-5-2)22-14-16-9-7-11-18(13-16)17-10-6-8-15(3)12-17/h6-13H,4-5,14H2,1-3H3,(H2,20,21,22). The Bertz CT molecular complexity index is 624. The Morgan fingerprint density at radius 2 is 1.55 bits per heavy atom.